The lowest BCUT2D eigenvalue weighted by Crippen LogP contribution is -2.39. The Hall–Kier alpha value is -1.02. The third-order valence-corrected chi connectivity index (χ3v) is 3.71. The zero-order chi connectivity index (χ0) is 14.2. The van der Waals surface area contributed by atoms with E-state index in [4.69, 9.17) is 4.42 Å². The zero-order valence-corrected chi connectivity index (χ0v) is 15.5. The third-order valence-electron chi connectivity index (χ3n) is 3.01. The van der Waals surface area contributed by atoms with Crippen molar-refractivity contribution in [3.05, 3.63) is 46.5 Å². The van der Waals surface area contributed by atoms with Crippen molar-refractivity contribution >= 4 is 41.3 Å². The van der Waals surface area contributed by atoms with Gasteiger partial charge in [0.25, 0.3) is 0 Å². The van der Waals surface area contributed by atoms with Crippen LogP contribution >= 0.6 is 35.3 Å². The van der Waals surface area contributed by atoms with Gasteiger partial charge in [0.2, 0.25) is 0 Å². The minimum Gasteiger partial charge on any atom is -0.467 e. The molecule has 0 radical (unpaired) electrons. The summed E-state index contributed by atoms with van der Waals surface area (Å²) in [5.41, 5.74) is 1.37. The molecule has 0 amide bonds. The highest BCUT2D eigenvalue weighted by molar-refractivity contribution is 14.0. The Kier molecular flexibility index (Phi) is 8.44. The molecular formula is C15H22IN3OS. The average Bonchev–Trinajstić information content (AvgIpc) is 3.13. The summed E-state index contributed by atoms with van der Waals surface area (Å²) in [6.45, 7) is 6.53. The number of halogens is 1. The number of nitrogens with zero attached hydrogens (tertiary/aromatic N) is 1. The lowest BCUT2D eigenvalue weighted by Gasteiger charge is -2.15. The van der Waals surface area contributed by atoms with Crippen LogP contribution in [0.2, 0.25) is 0 Å². The van der Waals surface area contributed by atoms with E-state index in [9.17, 15) is 0 Å². The first kappa shape index (κ1) is 18.0. The van der Waals surface area contributed by atoms with Crippen molar-refractivity contribution < 1.29 is 4.42 Å². The van der Waals surface area contributed by atoms with Crippen LogP contribution in [0.4, 0.5) is 0 Å². The highest BCUT2D eigenvalue weighted by atomic mass is 127. The molecule has 1 atom stereocenters. The van der Waals surface area contributed by atoms with Crippen molar-refractivity contribution in [2.45, 2.75) is 26.3 Å². The maximum absolute atomic E-state index is 5.29. The largest absolute Gasteiger partial charge is 0.467 e. The van der Waals surface area contributed by atoms with Crippen molar-refractivity contribution in [3.63, 3.8) is 0 Å². The highest BCUT2D eigenvalue weighted by Crippen LogP contribution is 2.16. The Balaban J connectivity index is 0.00000220. The first-order valence-corrected chi connectivity index (χ1v) is 7.80. The minimum absolute atomic E-state index is 0. The smallest absolute Gasteiger partial charge is 0.191 e. The van der Waals surface area contributed by atoms with E-state index in [1.165, 1.54) is 5.56 Å². The predicted molar refractivity (Wildman–Crippen MR) is 99.7 cm³/mol. The number of thiophene rings is 1. The lowest BCUT2D eigenvalue weighted by atomic mass is 10.1. The lowest BCUT2D eigenvalue weighted by molar-refractivity contribution is 0.511. The van der Waals surface area contributed by atoms with E-state index in [0.29, 0.717) is 12.5 Å². The van der Waals surface area contributed by atoms with Gasteiger partial charge in [-0.3, -0.25) is 0 Å². The molecule has 0 saturated heterocycles. The number of nitrogens with one attached hydrogen (secondary N) is 2. The second-order valence-electron chi connectivity index (χ2n) is 4.61. The monoisotopic (exact) mass is 419 g/mol. The van der Waals surface area contributed by atoms with Gasteiger partial charge in [-0.25, -0.2) is 4.99 Å². The maximum Gasteiger partial charge on any atom is 0.191 e. The highest BCUT2D eigenvalue weighted by Gasteiger charge is 2.07. The SMILES string of the molecule is CCNC(=NCc1ccco1)NCC(C)c1ccsc1.I. The molecule has 21 heavy (non-hydrogen) atoms. The van der Waals surface area contributed by atoms with E-state index in [1.807, 2.05) is 12.1 Å². The Bertz CT molecular complexity index is 511. The Morgan fingerprint density at radius 3 is 2.86 bits per heavy atom. The van der Waals surface area contributed by atoms with Crippen LogP contribution < -0.4 is 10.6 Å². The molecule has 0 bridgehead atoms. The molecule has 116 valence electrons. The van der Waals surface area contributed by atoms with Gasteiger partial charge in [0.15, 0.2) is 5.96 Å². The molecular weight excluding hydrogens is 397 g/mol. The van der Waals surface area contributed by atoms with E-state index in [0.717, 1.165) is 24.8 Å². The van der Waals surface area contributed by atoms with Crippen LogP contribution in [0.15, 0.2) is 44.6 Å². The zero-order valence-electron chi connectivity index (χ0n) is 12.3. The standard InChI is InChI=1S/C15H21N3OS.HI/c1-3-16-15(18-10-14-5-4-7-19-14)17-9-12(2)13-6-8-20-11-13;/h4-8,11-12H,3,9-10H2,1-2H3,(H2,16,17,18);1H. The maximum atomic E-state index is 5.29. The molecule has 2 rings (SSSR count). The molecule has 2 aromatic heterocycles. The molecule has 0 saturated carbocycles. The summed E-state index contributed by atoms with van der Waals surface area (Å²) >= 11 is 1.73. The molecule has 2 N–H and O–H groups in total. The predicted octanol–water partition coefficient (Wildman–Crippen LogP) is 3.82. The minimum atomic E-state index is 0. The molecule has 4 nitrogen and oxygen atoms in total. The number of hydrogen-bond donors (Lipinski definition) is 2. The van der Waals surface area contributed by atoms with Gasteiger partial charge >= 0.3 is 0 Å². The number of guanidine groups is 1. The molecule has 2 aromatic rings. The summed E-state index contributed by atoms with van der Waals surface area (Å²) in [4.78, 5) is 4.51. The fourth-order valence-electron chi connectivity index (χ4n) is 1.82. The van der Waals surface area contributed by atoms with Crippen LogP contribution in [-0.2, 0) is 6.54 Å². The summed E-state index contributed by atoms with van der Waals surface area (Å²) in [6.07, 6.45) is 1.67. The summed E-state index contributed by atoms with van der Waals surface area (Å²) < 4.78 is 5.29. The molecule has 0 aliphatic heterocycles. The van der Waals surface area contributed by atoms with Crippen LogP contribution in [0, 0.1) is 0 Å². The normalized spacial score (nSPS) is 12.6. The van der Waals surface area contributed by atoms with E-state index < -0.39 is 0 Å². The Morgan fingerprint density at radius 2 is 2.24 bits per heavy atom. The van der Waals surface area contributed by atoms with E-state index >= 15 is 0 Å². The molecule has 6 heteroatoms. The van der Waals surface area contributed by atoms with E-state index in [2.05, 4.69) is 46.3 Å². The first-order valence-electron chi connectivity index (χ1n) is 6.86. The first-order chi connectivity index (χ1) is 9.79. The van der Waals surface area contributed by atoms with Crippen LogP contribution in [0.1, 0.15) is 31.1 Å². The van der Waals surface area contributed by atoms with Crippen LogP contribution in [0.5, 0.6) is 0 Å². The molecule has 0 aliphatic rings. The van der Waals surface area contributed by atoms with Crippen molar-refractivity contribution in [2.75, 3.05) is 13.1 Å². The number of aliphatic imine (C=N–C) groups is 1. The summed E-state index contributed by atoms with van der Waals surface area (Å²) in [5, 5.41) is 10.9. The number of hydrogen-bond acceptors (Lipinski definition) is 3. The fraction of sp³-hybridized carbons (Fsp3) is 0.400. The second kappa shape index (κ2) is 9.83. The molecule has 0 spiro atoms. The van der Waals surface area contributed by atoms with Gasteiger partial charge in [-0.2, -0.15) is 11.3 Å². The van der Waals surface area contributed by atoms with Gasteiger partial charge in [-0.05, 0) is 47.4 Å². The number of furan rings is 1. The van der Waals surface area contributed by atoms with E-state index in [-0.39, 0.29) is 24.0 Å². The van der Waals surface area contributed by atoms with Crippen molar-refractivity contribution in [3.8, 4) is 0 Å². The number of rotatable bonds is 6. The third kappa shape index (κ3) is 6.09. The average molecular weight is 419 g/mol. The Morgan fingerprint density at radius 1 is 1.38 bits per heavy atom. The molecule has 0 aromatic carbocycles. The molecule has 0 aliphatic carbocycles. The quantitative estimate of drug-likeness (QED) is 0.425. The Labute approximate surface area is 147 Å². The van der Waals surface area contributed by atoms with Crippen LogP contribution in [0.3, 0.4) is 0 Å². The molecule has 0 fully saturated rings. The van der Waals surface area contributed by atoms with Gasteiger partial charge < -0.3 is 15.1 Å². The second-order valence-corrected chi connectivity index (χ2v) is 5.39. The summed E-state index contributed by atoms with van der Waals surface area (Å²) in [7, 11) is 0. The summed E-state index contributed by atoms with van der Waals surface area (Å²) in [5.74, 6) is 2.16. The topological polar surface area (TPSA) is 49.6 Å². The van der Waals surface area contributed by atoms with Gasteiger partial charge in [-0.15, -0.1) is 24.0 Å². The van der Waals surface area contributed by atoms with Crippen molar-refractivity contribution in [1.29, 1.82) is 0 Å². The van der Waals surface area contributed by atoms with Gasteiger partial charge in [-0.1, -0.05) is 6.92 Å². The van der Waals surface area contributed by atoms with Crippen molar-refractivity contribution in [2.24, 2.45) is 4.99 Å². The fourth-order valence-corrected chi connectivity index (χ4v) is 2.61. The van der Waals surface area contributed by atoms with Gasteiger partial charge in [0.1, 0.15) is 12.3 Å². The van der Waals surface area contributed by atoms with E-state index in [1.54, 1.807) is 17.6 Å². The van der Waals surface area contributed by atoms with Gasteiger partial charge in [0, 0.05) is 13.1 Å². The van der Waals surface area contributed by atoms with Crippen LogP contribution in [0.25, 0.3) is 0 Å². The molecule has 2 heterocycles. The van der Waals surface area contributed by atoms with Gasteiger partial charge in [0.05, 0.1) is 6.26 Å². The summed E-state index contributed by atoms with van der Waals surface area (Å²) in [6, 6.07) is 5.98. The van der Waals surface area contributed by atoms with Crippen LogP contribution in [-0.4, -0.2) is 19.0 Å². The molecule has 1 unspecified atom stereocenters. The van der Waals surface area contributed by atoms with Crippen molar-refractivity contribution in [1.82, 2.24) is 10.6 Å².